The number of nitrogen functional groups attached to an aromatic ring is 1. The second-order valence-corrected chi connectivity index (χ2v) is 8.67. The molecule has 2 heterocycles. The largest absolute Gasteiger partial charge is 0.368 e. The van der Waals surface area contributed by atoms with Crippen LogP contribution in [0.25, 0.3) is 5.65 Å². The third-order valence-corrected chi connectivity index (χ3v) is 5.97. The molecule has 2 aromatic heterocycles. The Morgan fingerprint density at radius 1 is 1.26 bits per heavy atom. The van der Waals surface area contributed by atoms with Gasteiger partial charge in [-0.25, -0.2) is 0 Å². The Morgan fingerprint density at radius 3 is 2.68 bits per heavy atom. The summed E-state index contributed by atoms with van der Waals surface area (Å²) in [6.45, 7) is 5.97. The van der Waals surface area contributed by atoms with Gasteiger partial charge in [0.25, 0.3) is 0 Å². The van der Waals surface area contributed by atoms with Gasteiger partial charge in [0.05, 0.1) is 6.20 Å². The Labute approximate surface area is 201 Å². The van der Waals surface area contributed by atoms with Crippen LogP contribution in [0.1, 0.15) is 50.2 Å². The second kappa shape index (κ2) is 12.1. The highest BCUT2D eigenvalue weighted by molar-refractivity contribution is 5.98. The first-order valence-electron chi connectivity index (χ1n) is 11.8. The lowest BCUT2D eigenvalue weighted by molar-refractivity contribution is -0.111. The summed E-state index contributed by atoms with van der Waals surface area (Å²) in [6, 6.07) is 8.38. The number of amides is 1. The zero-order chi connectivity index (χ0) is 24.5. The Kier molecular flexibility index (Phi) is 8.98. The highest BCUT2D eigenvalue weighted by Crippen LogP contribution is 2.20. The molecule has 4 rings (SSSR count). The fraction of sp³-hybridized carbons (Fsp3) is 0.440. The molecule has 34 heavy (non-hydrogen) atoms. The minimum absolute atomic E-state index is 0.192. The van der Waals surface area contributed by atoms with Gasteiger partial charge in [0.1, 0.15) is 0 Å². The first kappa shape index (κ1) is 25.2. The molecule has 1 saturated carbocycles. The number of anilines is 3. The quantitative estimate of drug-likeness (QED) is 0.455. The number of nitrogens with one attached hydrogen (secondary N) is 2. The molecule has 1 aromatic carbocycles. The van der Waals surface area contributed by atoms with Crippen molar-refractivity contribution in [2.45, 2.75) is 58.0 Å². The predicted octanol–water partition coefficient (Wildman–Crippen LogP) is 3.89. The molecule has 9 heteroatoms. The van der Waals surface area contributed by atoms with E-state index in [0.29, 0.717) is 23.8 Å². The van der Waals surface area contributed by atoms with Gasteiger partial charge in [-0.1, -0.05) is 44.9 Å². The van der Waals surface area contributed by atoms with Gasteiger partial charge < -0.3 is 21.3 Å². The van der Waals surface area contributed by atoms with E-state index in [2.05, 4.69) is 51.3 Å². The third kappa shape index (κ3) is 6.77. The molecular weight excluding hydrogens is 428 g/mol. The van der Waals surface area contributed by atoms with Crippen LogP contribution in [0.4, 0.5) is 17.6 Å². The molecule has 0 radical (unpaired) electrons. The number of hydrogen-bond acceptors (Lipinski definition) is 7. The van der Waals surface area contributed by atoms with Crippen molar-refractivity contribution in [2.24, 2.45) is 0 Å². The van der Waals surface area contributed by atoms with E-state index >= 15 is 0 Å². The first-order valence-corrected chi connectivity index (χ1v) is 11.8. The number of hydrogen-bond donors (Lipinski definition) is 3. The van der Waals surface area contributed by atoms with E-state index in [9.17, 15) is 4.79 Å². The Balaban J connectivity index is 0.000000302. The molecule has 3 aromatic rings. The normalized spacial score (nSPS) is 13.9. The number of carbonyl (C=O) groups excluding carboxylic acids is 1. The summed E-state index contributed by atoms with van der Waals surface area (Å²) in [6.07, 6.45) is 11.0. The van der Waals surface area contributed by atoms with Crippen LogP contribution >= 0.6 is 0 Å². The summed E-state index contributed by atoms with van der Waals surface area (Å²) >= 11 is 0. The van der Waals surface area contributed by atoms with E-state index in [0.717, 1.165) is 23.6 Å². The summed E-state index contributed by atoms with van der Waals surface area (Å²) < 4.78 is 1.64. The number of aromatic nitrogens is 4. The van der Waals surface area contributed by atoms with Crippen molar-refractivity contribution >= 4 is 29.1 Å². The van der Waals surface area contributed by atoms with Crippen molar-refractivity contribution < 1.29 is 4.79 Å². The molecule has 0 saturated heterocycles. The van der Waals surface area contributed by atoms with Crippen molar-refractivity contribution in [3.8, 4) is 0 Å². The van der Waals surface area contributed by atoms with Gasteiger partial charge in [-0.2, -0.15) is 19.6 Å². The van der Waals surface area contributed by atoms with Crippen LogP contribution in [0.2, 0.25) is 0 Å². The van der Waals surface area contributed by atoms with Gasteiger partial charge in [0.15, 0.2) is 5.65 Å². The lowest BCUT2D eigenvalue weighted by Gasteiger charge is -2.27. The van der Waals surface area contributed by atoms with Crippen LogP contribution < -0.4 is 16.4 Å². The van der Waals surface area contributed by atoms with E-state index < -0.39 is 0 Å². The average molecular weight is 465 g/mol. The monoisotopic (exact) mass is 464 g/mol. The smallest absolute Gasteiger partial charge is 0.247 e. The number of rotatable bonds is 7. The van der Waals surface area contributed by atoms with Gasteiger partial charge in [-0.05, 0) is 57.1 Å². The number of aryl methyl sites for hydroxylation is 1. The fourth-order valence-electron chi connectivity index (χ4n) is 4.03. The maximum Gasteiger partial charge on any atom is 0.247 e. The minimum atomic E-state index is -0.251. The van der Waals surface area contributed by atoms with Crippen LogP contribution in [0, 0.1) is 0 Å². The predicted molar refractivity (Wildman–Crippen MR) is 138 cm³/mol. The summed E-state index contributed by atoms with van der Waals surface area (Å²) in [5, 5.41) is 10.3. The van der Waals surface area contributed by atoms with E-state index in [1.807, 2.05) is 31.2 Å². The molecule has 182 valence electrons. The van der Waals surface area contributed by atoms with Crippen molar-refractivity contribution in [1.82, 2.24) is 24.5 Å². The molecule has 1 amide bonds. The molecular formula is C25H36N8O. The van der Waals surface area contributed by atoms with Crippen molar-refractivity contribution in [2.75, 3.05) is 30.5 Å². The number of nitrogens with two attached hydrogens (primary N) is 1. The maximum absolute atomic E-state index is 11.4. The Morgan fingerprint density at radius 2 is 2.03 bits per heavy atom. The highest BCUT2D eigenvalue weighted by atomic mass is 16.1. The van der Waals surface area contributed by atoms with Crippen LogP contribution in [0.5, 0.6) is 0 Å². The van der Waals surface area contributed by atoms with Crippen LogP contribution in [-0.2, 0) is 17.8 Å². The Bertz CT molecular complexity index is 1100. The van der Waals surface area contributed by atoms with E-state index in [1.54, 1.807) is 10.7 Å². The molecule has 1 aliphatic carbocycles. The number of carbonyl (C=O) groups is 1. The standard InChI is InChI=1S/C17H19N7O.C8H17N/c1-3-12-10-20-24-15(12)22-16(18)23-17(24)19-9-11-6-5-7-13(8-11)21-14(25)4-2;1-9(2)8-6-4-3-5-7-8/h4-8,10H,2-3,9H2,1H3,(H,21,25)(H3,18,19,22,23);8H,3-7H2,1-2H3. The molecule has 9 nitrogen and oxygen atoms in total. The van der Waals surface area contributed by atoms with Gasteiger partial charge in [0.2, 0.25) is 17.8 Å². The van der Waals surface area contributed by atoms with Gasteiger partial charge in [-0.3, -0.25) is 4.79 Å². The van der Waals surface area contributed by atoms with Crippen LogP contribution in [-0.4, -0.2) is 50.5 Å². The number of fused-ring (bicyclic) bond motifs is 1. The number of benzene rings is 1. The van der Waals surface area contributed by atoms with Gasteiger partial charge in [-0.15, -0.1) is 0 Å². The second-order valence-electron chi connectivity index (χ2n) is 8.67. The molecule has 1 aliphatic rings. The lowest BCUT2D eigenvalue weighted by Crippen LogP contribution is -2.29. The summed E-state index contributed by atoms with van der Waals surface area (Å²) in [5.41, 5.74) is 9.18. The summed E-state index contributed by atoms with van der Waals surface area (Å²) in [7, 11) is 4.38. The first-order chi connectivity index (χ1) is 16.4. The zero-order valence-corrected chi connectivity index (χ0v) is 20.4. The van der Waals surface area contributed by atoms with E-state index in [1.165, 1.54) is 38.2 Å². The van der Waals surface area contributed by atoms with E-state index in [4.69, 9.17) is 5.73 Å². The Hall–Kier alpha value is -3.46. The molecule has 0 spiro atoms. The number of nitrogens with zero attached hydrogens (tertiary/aromatic N) is 5. The molecule has 0 aliphatic heterocycles. The SMILES string of the molecule is C=CC(=O)Nc1cccc(CNc2nc(N)nc3c(CC)cnn23)c1.CN(C)C1CCCCC1. The van der Waals surface area contributed by atoms with Gasteiger partial charge >= 0.3 is 0 Å². The van der Waals surface area contributed by atoms with Crippen molar-refractivity contribution in [3.05, 3.63) is 54.2 Å². The topological polar surface area (TPSA) is 113 Å². The van der Waals surface area contributed by atoms with Crippen molar-refractivity contribution in [1.29, 1.82) is 0 Å². The van der Waals surface area contributed by atoms with E-state index in [-0.39, 0.29) is 11.9 Å². The van der Waals surface area contributed by atoms with Crippen molar-refractivity contribution in [3.63, 3.8) is 0 Å². The van der Waals surface area contributed by atoms with Crippen LogP contribution in [0.15, 0.2) is 43.1 Å². The molecule has 0 bridgehead atoms. The molecule has 0 unspecified atom stereocenters. The minimum Gasteiger partial charge on any atom is -0.368 e. The highest BCUT2D eigenvalue weighted by Gasteiger charge is 2.14. The lowest BCUT2D eigenvalue weighted by atomic mass is 9.95. The third-order valence-electron chi connectivity index (χ3n) is 5.97. The van der Waals surface area contributed by atoms with Gasteiger partial charge in [0, 0.05) is 23.8 Å². The van der Waals surface area contributed by atoms with Crippen LogP contribution in [0.3, 0.4) is 0 Å². The summed E-state index contributed by atoms with van der Waals surface area (Å²) in [5.74, 6) is 0.457. The maximum atomic E-state index is 11.4. The fourth-order valence-corrected chi connectivity index (χ4v) is 4.03. The molecule has 0 atom stereocenters. The molecule has 4 N–H and O–H groups in total. The average Bonchev–Trinajstić information content (AvgIpc) is 3.26. The zero-order valence-electron chi connectivity index (χ0n) is 20.4. The summed E-state index contributed by atoms with van der Waals surface area (Å²) in [4.78, 5) is 22.2. The molecule has 1 fully saturated rings.